The van der Waals surface area contributed by atoms with Gasteiger partial charge in [-0.05, 0) is 0 Å². The van der Waals surface area contributed by atoms with Crippen LogP contribution in [-0.2, 0) is 4.74 Å². The Labute approximate surface area is 46.6 Å². The Hall–Kier alpha value is -0.440. The summed E-state index contributed by atoms with van der Waals surface area (Å²) in [7, 11) is 1.28. The van der Waals surface area contributed by atoms with Gasteiger partial charge in [0.25, 0.3) is 0 Å². The number of amides is 1. The predicted octanol–water partition coefficient (Wildman–Crippen LogP) is 0.539. The monoisotopic (exact) mass is 123 g/mol. The fraction of sp³-hybridized carbons (Fsp3) is 0.667. The van der Waals surface area contributed by atoms with Crippen molar-refractivity contribution in [1.29, 1.82) is 0 Å². The highest BCUT2D eigenvalue weighted by molar-refractivity contribution is 6.18. The van der Waals surface area contributed by atoms with Crippen LogP contribution in [0.25, 0.3) is 0 Å². The first-order valence-corrected chi connectivity index (χ1v) is 2.22. The van der Waals surface area contributed by atoms with Crippen LogP contribution in [0.2, 0.25) is 0 Å². The van der Waals surface area contributed by atoms with Gasteiger partial charge in [-0.3, -0.25) is 0 Å². The third-order valence-corrected chi connectivity index (χ3v) is 0.530. The molecule has 0 aliphatic rings. The molecule has 0 rings (SSSR count). The lowest BCUT2D eigenvalue weighted by Gasteiger charge is -1.94. The summed E-state index contributed by atoms with van der Waals surface area (Å²) in [5.41, 5.74) is 0. The zero-order valence-electron chi connectivity index (χ0n) is 3.90. The third-order valence-electron chi connectivity index (χ3n) is 0.397. The number of alkyl halides is 1. The zero-order chi connectivity index (χ0) is 5.70. The Kier molecular flexibility index (Phi) is 3.50. The van der Waals surface area contributed by atoms with Gasteiger partial charge in [-0.1, -0.05) is 0 Å². The average Bonchev–Trinajstić information content (AvgIpc) is 1.68. The maximum atomic E-state index is 9.99. The molecule has 4 heteroatoms. The number of carbonyl (C=O) groups excluding carboxylic acids is 1. The summed E-state index contributed by atoms with van der Waals surface area (Å²) < 4.78 is 4.16. The molecular weight excluding hydrogens is 117 g/mol. The molecule has 1 amide bonds. The molecule has 0 aromatic rings. The smallest absolute Gasteiger partial charge is 0.407 e. The maximum absolute atomic E-state index is 9.99. The Morgan fingerprint density at radius 2 is 2.57 bits per heavy atom. The number of halogens is 1. The Morgan fingerprint density at radius 1 is 2.00 bits per heavy atom. The van der Waals surface area contributed by atoms with E-state index >= 15 is 0 Å². The number of nitrogens with one attached hydrogen (secondary N) is 1. The van der Waals surface area contributed by atoms with E-state index in [4.69, 9.17) is 11.6 Å². The van der Waals surface area contributed by atoms with Gasteiger partial charge in [-0.15, -0.1) is 11.6 Å². The number of hydrogen-bond acceptors (Lipinski definition) is 2. The highest BCUT2D eigenvalue weighted by Crippen LogP contribution is 1.70. The highest BCUT2D eigenvalue weighted by atomic mass is 35.5. The number of ether oxygens (including phenoxy) is 1. The summed E-state index contributed by atoms with van der Waals surface area (Å²) in [5, 5.41) is 2.20. The van der Waals surface area contributed by atoms with Crippen molar-refractivity contribution in [3.05, 3.63) is 0 Å². The lowest BCUT2D eigenvalue weighted by Crippen LogP contribution is -2.20. The van der Waals surface area contributed by atoms with Crippen molar-refractivity contribution < 1.29 is 9.53 Å². The zero-order valence-corrected chi connectivity index (χ0v) is 4.66. The molecule has 0 aromatic heterocycles. The molecule has 0 bridgehead atoms. The SMILES string of the molecule is COC(=O)NCCl. The van der Waals surface area contributed by atoms with Crippen LogP contribution in [0.3, 0.4) is 0 Å². The summed E-state index contributed by atoms with van der Waals surface area (Å²) in [6, 6.07) is 0.0900. The van der Waals surface area contributed by atoms with E-state index in [0.717, 1.165) is 0 Å². The van der Waals surface area contributed by atoms with Crippen LogP contribution >= 0.6 is 11.6 Å². The van der Waals surface area contributed by atoms with Gasteiger partial charge in [0.2, 0.25) is 0 Å². The van der Waals surface area contributed by atoms with Gasteiger partial charge in [0.05, 0.1) is 13.1 Å². The third kappa shape index (κ3) is 3.39. The van der Waals surface area contributed by atoms with Crippen molar-refractivity contribution in [1.82, 2.24) is 5.32 Å². The summed E-state index contributed by atoms with van der Waals surface area (Å²) in [4.78, 5) is 9.99. The fourth-order valence-corrected chi connectivity index (χ4v) is 0.236. The summed E-state index contributed by atoms with van der Waals surface area (Å²) >= 11 is 5.06. The van der Waals surface area contributed by atoms with Crippen molar-refractivity contribution in [2.75, 3.05) is 13.1 Å². The van der Waals surface area contributed by atoms with Crippen molar-refractivity contribution in [3.8, 4) is 0 Å². The van der Waals surface area contributed by atoms with Crippen LogP contribution < -0.4 is 5.32 Å². The lowest BCUT2D eigenvalue weighted by atomic mass is 11.1. The van der Waals surface area contributed by atoms with Crippen molar-refractivity contribution >= 4 is 17.7 Å². The number of carbonyl (C=O) groups is 1. The Bertz CT molecular complexity index is 66.0. The first kappa shape index (κ1) is 6.56. The van der Waals surface area contributed by atoms with E-state index in [9.17, 15) is 4.79 Å². The molecule has 7 heavy (non-hydrogen) atoms. The van der Waals surface area contributed by atoms with Crippen LogP contribution in [0, 0.1) is 0 Å². The maximum Gasteiger partial charge on any atom is 0.407 e. The van der Waals surface area contributed by atoms with Crippen molar-refractivity contribution in [2.45, 2.75) is 0 Å². The van der Waals surface area contributed by atoms with E-state index in [0.29, 0.717) is 0 Å². The van der Waals surface area contributed by atoms with E-state index in [1.54, 1.807) is 0 Å². The molecule has 0 aliphatic carbocycles. The molecule has 0 aromatic carbocycles. The number of methoxy groups -OCH3 is 1. The molecule has 1 N–H and O–H groups in total. The molecule has 0 radical (unpaired) electrons. The van der Waals surface area contributed by atoms with E-state index in [-0.39, 0.29) is 6.00 Å². The predicted molar refractivity (Wildman–Crippen MR) is 26.3 cm³/mol. The van der Waals surface area contributed by atoms with Crippen molar-refractivity contribution in [3.63, 3.8) is 0 Å². The van der Waals surface area contributed by atoms with E-state index < -0.39 is 6.09 Å². The minimum atomic E-state index is -0.505. The van der Waals surface area contributed by atoms with Crippen LogP contribution in [0.1, 0.15) is 0 Å². The minimum Gasteiger partial charge on any atom is -0.453 e. The molecule has 42 valence electrons. The van der Waals surface area contributed by atoms with Gasteiger partial charge in [-0.25, -0.2) is 4.79 Å². The molecule has 0 aliphatic heterocycles. The second kappa shape index (κ2) is 3.74. The molecule has 0 heterocycles. The molecule has 0 spiro atoms. The summed E-state index contributed by atoms with van der Waals surface area (Å²) in [6.45, 7) is 0. The Morgan fingerprint density at radius 3 is 2.71 bits per heavy atom. The normalized spacial score (nSPS) is 7.71. The summed E-state index contributed by atoms with van der Waals surface area (Å²) in [6.07, 6.45) is -0.505. The molecule has 3 nitrogen and oxygen atoms in total. The highest BCUT2D eigenvalue weighted by Gasteiger charge is 1.90. The quantitative estimate of drug-likeness (QED) is 0.408. The molecule has 0 saturated heterocycles. The molecular formula is C3H6ClNO2. The Balaban J connectivity index is 3.00. The van der Waals surface area contributed by atoms with Crippen molar-refractivity contribution in [2.24, 2.45) is 0 Å². The fourth-order valence-electron chi connectivity index (χ4n) is 0.127. The lowest BCUT2D eigenvalue weighted by molar-refractivity contribution is 0.173. The van der Waals surface area contributed by atoms with E-state index in [2.05, 4.69) is 10.1 Å². The molecule has 0 atom stereocenters. The van der Waals surface area contributed by atoms with Gasteiger partial charge < -0.3 is 10.1 Å². The van der Waals surface area contributed by atoms with Gasteiger partial charge in [0.15, 0.2) is 0 Å². The van der Waals surface area contributed by atoms with Crippen LogP contribution in [-0.4, -0.2) is 19.2 Å². The number of alkyl carbamates (subject to hydrolysis) is 1. The van der Waals surface area contributed by atoms with E-state index in [1.807, 2.05) is 0 Å². The average molecular weight is 124 g/mol. The largest absolute Gasteiger partial charge is 0.453 e. The van der Waals surface area contributed by atoms with Gasteiger partial charge in [0.1, 0.15) is 0 Å². The van der Waals surface area contributed by atoms with Crippen LogP contribution in [0.15, 0.2) is 0 Å². The molecule has 0 unspecified atom stereocenters. The second-order valence-corrected chi connectivity index (χ2v) is 1.07. The van der Waals surface area contributed by atoms with Crippen LogP contribution in [0.4, 0.5) is 4.79 Å². The topological polar surface area (TPSA) is 38.3 Å². The van der Waals surface area contributed by atoms with Crippen LogP contribution in [0.5, 0.6) is 0 Å². The first-order valence-electron chi connectivity index (χ1n) is 1.69. The number of rotatable bonds is 1. The second-order valence-electron chi connectivity index (χ2n) is 0.802. The van der Waals surface area contributed by atoms with Gasteiger partial charge >= 0.3 is 6.09 Å². The summed E-state index contributed by atoms with van der Waals surface area (Å²) in [5.74, 6) is 0. The molecule has 0 saturated carbocycles. The van der Waals surface area contributed by atoms with Gasteiger partial charge in [0, 0.05) is 0 Å². The van der Waals surface area contributed by atoms with Gasteiger partial charge in [-0.2, -0.15) is 0 Å². The standard InChI is InChI=1S/C3H6ClNO2/c1-7-3(6)5-2-4/h2H2,1H3,(H,5,6). The first-order chi connectivity index (χ1) is 3.31. The molecule has 0 fully saturated rings. The van der Waals surface area contributed by atoms with E-state index in [1.165, 1.54) is 7.11 Å². The minimum absolute atomic E-state index is 0.0900. The number of hydrogen-bond donors (Lipinski definition) is 1.